The lowest BCUT2D eigenvalue weighted by Crippen LogP contribution is -2.00. The third kappa shape index (κ3) is 2.14. The number of nitrogens with zero attached hydrogens (tertiary/aromatic N) is 4. The number of hydrogen-bond donors (Lipinski definition) is 1. The van der Waals surface area contributed by atoms with Crippen LogP contribution < -0.4 is 5.73 Å². The maximum atomic E-state index is 5.85. The van der Waals surface area contributed by atoms with Crippen LogP contribution in [0.1, 0.15) is 11.1 Å². The average Bonchev–Trinajstić information content (AvgIpc) is 2.91. The van der Waals surface area contributed by atoms with Crippen molar-refractivity contribution in [2.45, 2.75) is 13.8 Å². The van der Waals surface area contributed by atoms with Gasteiger partial charge in [-0.2, -0.15) is 4.68 Å². The predicted octanol–water partition coefficient (Wildman–Crippen LogP) is 2.53. The Hall–Kier alpha value is -2.69. The second-order valence-electron chi connectivity index (χ2n) is 4.82. The lowest BCUT2D eigenvalue weighted by atomic mass is 10.1. The molecule has 0 amide bonds. The molecule has 0 aliphatic heterocycles. The van der Waals surface area contributed by atoms with Crippen LogP contribution in [0.3, 0.4) is 0 Å². The molecular formula is C15H15N5. The molecule has 5 heteroatoms. The quantitative estimate of drug-likeness (QED) is 0.723. The van der Waals surface area contributed by atoms with Crippen LogP contribution in [0.4, 0.5) is 5.69 Å². The van der Waals surface area contributed by atoms with Crippen LogP contribution in [0, 0.1) is 13.8 Å². The van der Waals surface area contributed by atoms with Gasteiger partial charge in [-0.3, -0.25) is 0 Å². The Balaban J connectivity index is 2.12. The molecule has 3 rings (SSSR count). The Morgan fingerprint density at radius 3 is 2.65 bits per heavy atom. The molecule has 0 saturated carbocycles. The fourth-order valence-corrected chi connectivity index (χ4v) is 2.12. The summed E-state index contributed by atoms with van der Waals surface area (Å²) in [5.41, 5.74) is 10.7. The van der Waals surface area contributed by atoms with Gasteiger partial charge >= 0.3 is 0 Å². The standard InChI is InChI=1S/C15H15N5/c1-10-4-3-5-13(8-10)20-15(17-18-19-20)12-6-7-14(16)11(2)9-12/h3-9H,16H2,1-2H3. The molecule has 0 aliphatic carbocycles. The average molecular weight is 265 g/mol. The summed E-state index contributed by atoms with van der Waals surface area (Å²) in [5, 5.41) is 12.0. The molecule has 0 saturated heterocycles. The summed E-state index contributed by atoms with van der Waals surface area (Å²) < 4.78 is 1.73. The predicted molar refractivity (Wildman–Crippen MR) is 78.5 cm³/mol. The van der Waals surface area contributed by atoms with Gasteiger partial charge in [0.2, 0.25) is 0 Å². The topological polar surface area (TPSA) is 69.6 Å². The van der Waals surface area contributed by atoms with Crippen LogP contribution in [-0.2, 0) is 0 Å². The van der Waals surface area contributed by atoms with Crippen molar-refractivity contribution in [3.63, 3.8) is 0 Å². The van der Waals surface area contributed by atoms with Crippen LogP contribution in [0.2, 0.25) is 0 Å². The van der Waals surface area contributed by atoms with Gasteiger partial charge in [-0.15, -0.1) is 5.10 Å². The van der Waals surface area contributed by atoms with Crippen molar-refractivity contribution in [1.82, 2.24) is 20.2 Å². The monoisotopic (exact) mass is 265 g/mol. The number of aryl methyl sites for hydroxylation is 2. The Labute approximate surface area is 117 Å². The van der Waals surface area contributed by atoms with Crippen LogP contribution in [-0.4, -0.2) is 20.2 Å². The third-order valence-electron chi connectivity index (χ3n) is 3.24. The highest BCUT2D eigenvalue weighted by Gasteiger charge is 2.11. The lowest BCUT2D eigenvalue weighted by molar-refractivity contribution is 0.790. The van der Waals surface area contributed by atoms with Crippen molar-refractivity contribution in [3.05, 3.63) is 53.6 Å². The van der Waals surface area contributed by atoms with Gasteiger partial charge in [0.1, 0.15) is 0 Å². The summed E-state index contributed by atoms with van der Waals surface area (Å²) in [7, 11) is 0. The van der Waals surface area contributed by atoms with E-state index in [1.54, 1.807) is 4.68 Å². The second kappa shape index (κ2) is 4.77. The summed E-state index contributed by atoms with van der Waals surface area (Å²) in [6.45, 7) is 4.01. The summed E-state index contributed by atoms with van der Waals surface area (Å²) >= 11 is 0. The van der Waals surface area contributed by atoms with Crippen LogP contribution in [0.15, 0.2) is 42.5 Å². The highest BCUT2D eigenvalue weighted by molar-refractivity contribution is 5.63. The zero-order valence-electron chi connectivity index (χ0n) is 11.4. The zero-order valence-corrected chi connectivity index (χ0v) is 11.4. The Morgan fingerprint density at radius 1 is 1.05 bits per heavy atom. The van der Waals surface area contributed by atoms with Gasteiger partial charge < -0.3 is 5.73 Å². The maximum Gasteiger partial charge on any atom is 0.187 e. The molecule has 0 fully saturated rings. The van der Waals surface area contributed by atoms with Gasteiger partial charge in [0.25, 0.3) is 0 Å². The SMILES string of the molecule is Cc1cccc(-n2nnnc2-c2ccc(N)c(C)c2)c1. The van der Waals surface area contributed by atoms with Gasteiger partial charge in [-0.1, -0.05) is 12.1 Å². The second-order valence-corrected chi connectivity index (χ2v) is 4.82. The van der Waals surface area contributed by atoms with E-state index in [1.807, 2.05) is 56.3 Å². The van der Waals surface area contributed by atoms with Gasteiger partial charge in [0, 0.05) is 11.3 Å². The van der Waals surface area contributed by atoms with Crippen molar-refractivity contribution in [3.8, 4) is 17.1 Å². The lowest BCUT2D eigenvalue weighted by Gasteiger charge is -2.07. The van der Waals surface area contributed by atoms with E-state index in [0.717, 1.165) is 28.1 Å². The van der Waals surface area contributed by atoms with E-state index in [4.69, 9.17) is 5.73 Å². The molecule has 2 N–H and O–H groups in total. The summed E-state index contributed by atoms with van der Waals surface area (Å²) in [6, 6.07) is 13.9. The molecular weight excluding hydrogens is 250 g/mol. The van der Waals surface area contributed by atoms with Crippen LogP contribution in [0.25, 0.3) is 17.1 Å². The minimum absolute atomic E-state index is 0.707. The Kier molecular flexibility index (Phi) is 2.95. The Morgan fingerprint density at radius 2 is 1.90 bits per heavy atom. The number of rotatable bonds is 2. The highest BCUT2D eigenvalue weighted by Crippen LogP contribution is 2.23. The normalized spacial score (nSPS) is 10.7. The van der Waals surface area contributed by atoms with E-state index in [-0.39, 0.29) is 0 Å². The van der Waals surface area contributed by atoms with Crippen LogP contribution in [0.5, 0.6) is 0 Å². The number of hydrogen-bond acceptors (Lipinski definition) is 4. The van der Waals surface area contributed by atoms with Crippen molar-refractivity contribution >= 4 is 5.69 Å². The van der Waals surface area contributed by atoms with Gasteiger partial charge in [-0.05, 0) is 65.7 Å². The van der Waals surface area contributed by atoms with E-state index < -0.39 is 0 Å². The molecule has 0 unspecified atom stereocenters. The molecule has 100 valence electrons. The smallest absolute Gasteiger partial charge is 0.187 e. The first-order valence-corrected chi connectivity index (χ1v) is 6.37. The fourth-order valence-electron chi connectivity index (χ4n) is 2.12. The summed E-state index contributed by atoms with van der Waals surface area (Å²) in [5.74, 6) is 0.707. The molecule has 3 aromatic rings. The zero-order chi connectivity index (χ0) is 14.1. The first-order valence-electron chi connectivity index (χ1n) is 6.37. The van der Waals surface area contributed by atoms with Crippen molar-refractivity contribution < 1.29 is 0 Å². The molecule has 0 bridgehead atoms. The number of aromatic nitrogens is 4. The number of tetrazole rings is 1. The molecule has 2 aromatic carbocycles. The number of nitrogens with two attached hydrogens (primary N) is 1. The van der Waals surface area contributed by atoms with Gasteiger partial charge in [0.05, 0.1) is 5.69 Å². The fraction of sp³-hybridized carbons (Fsp3) is 0.133. The van der Waals surface area contributed by atoms with E-state index >= 15 is 0 Å². The highest BCUT2D eigenvalue weighted by atomic mass is 15.5. The van der Waals surface area contributed by atoms with Crippen molar-refractivity contribution in [2.24, 2.45) is 0 Å². The van der Waals surface area contributed by atoms with E-state index in [0.29, 0.717) is 5.82 Å². The van der Waals surface area contributed by atoms with Gasteiger partial charge in [-0.25, -0.2) is 0 Å². The molecule has 0 aliphatic rings. The molecule has 1 aromatic heterocycles. The van der Waals surface area contributed by atoms with Gasteiger partial charge in [0.15, 0.2) is 5.82 Å². The number of anilines is 1. The van der Waals surface area contributed by atoms with Crippen molar-refractivity contribution in [2.75, 3.05) is 5.73 Å². The van der Waals surface area contributed by atoms with Crippen LogP contribution >= 0.6 is 0 Å². The molecule has 0 atom stereocenters. The summed E-state index contributed by atoms with van der Waals surface area (Å²) in [6.07, 6.45) is 0. The third-order valence-corrected chi connectivity index (χ3v) is 3.24. The van der Waals surface area contributed by atoms with E-state index in [1.165, 1.54) is 0 Å². The van der Waals surface area contributed by atoms with E-state index in [2.05, 4.69) is 15.5 Å². The molecule has 1 heterocycles. The molecule has 0 spiro atoms. The van der Waals surface area contributed by atoms with Crippen molar-refractivity contribution in [1.29, 1.82) is 0 Å². The molecule has 5 nitrogen and oxygen atoms in total. The minimum Gasteiger partial charge on any atom is -0.399 e. The number of benzene rings is 2. The molecule has 20 heavy (non-hydrogen) atoms. The largest absolute Gasteiger partial charge is 0.399 e. The maximum absolute atomic E-state index is 5.85. The van der Waals surface area contributed by atoms with E-state index in [9.17, 15) is 0 Å². The first kappa shape index (κ1) is 12.3. The minimum atomic E-state index is 0.707. The summed E-state index contributed by atoms with van der Waals surface area (Å²) in [4.78, 5) is 0. The molecule has 0 radical (unpaired) electrons. The number of nitrogen functional groups attached to an aromatic ring is 1. The Bertz CT molecular complexity index is 760. The first-order chi connectivity index (χ1) is 9.65.